The molecule has 1 rings (SSSR count). The third kappa shape index (κ3) is 7.03. The summed E-state index contributed by atoms with van der Waals surface area (Å²) in [6, 6.07) is 5.91. The molecule has 124 valence electrons. The molecule has 1 aromatic rings. The maximum atomic E-state index is 11.5. The Kier molecular flexibility index (Phi) is 7.01. The van der Waals surface area contributed by atoms with Gasteiger partial charge in [0, 0.05) is 5.41 Å². The van der Waals surface area contributed by atoms with Crippen molar-refractivity contribution >= 4 is 20.0 Å². The normalized spacial score (nSPS) is 12.0. The van der Waals surface area contributed by atoms with Crippen molar-refractivity contribution in [2.24, 2.45) is 0 Å². The van der Waals surface area contributed by atoms with Gasteiger partial charge in [0.15, 0.2) is 9.84 Å². The van der Waals surface area contributed by atoms with E-state index in [1.165, 1.54) is 24.3 Å². The Morgan fingerprint density at radius 3 is 2.14 bits per heavy atom. The first-order valence-corrected chi connectivity index (χ1v) is 9.63. The van der Waals surface area contributed by atoms with Crippen molar-refractivity contribution in [2.45, 2.75) is 4.90 Å². The molecule has 0 aliphatic heterocycles. The van der Waals surface area contributed by atoms with E-state index in [-0.39, 0.29) is 31.3 Å². The van der Waals surface area contributed by atoms with Crippen LogP contribution in [0.25, 0.3) is 0 Å². The third-order valence-corrected chi connectivity index (χ3v) is 4.36. The molecule has 7 nitrogen and oxygen atoms in total. The van der Waals surface area contributed by atoms with Gasteiger partial charge in [-0.3, -0.25) is 4.18 Å². The average molecular weight is 350 g/mol. The van der Waals surface area contributed by atoms with Gasteiger partial charge in [0.2, 0.25) is 0 Å². The maximum Gasteiger partial charge on any atom is 0.264 e. The average Bonchev–Trinajstić information content (AvgIpc) is 2.45. The second-order valence-corrected chi connectivity index (χ2v) is 7.71. The molecule has 0 aliphatic carbocycles. The summed E-state index contributed by atoms with van der Waals surface area (Å²) in [4.78, 5) is 0.143. The number of rotatable bonds is 10. The van der Waals surface area contributed by atoms with Crippen molar-refractivity contribution in [1.82, 2.24) is 0 Å². The van der Waals surface area contributed by atoms with Gasteiger partial charge in [-0.15, -0.1) is 0 Å². The standard InChI is InChI=1S/C13H18O7S2/c1-3-22(16,17)13-6-4-12(5-7-13)19-10-8-18-9-11-20-21(2,14)15/h3-7H,1,8-11H2,2H3. The number of benzene rings is 1. The summed E-state index contributed by atoms with van der Waals surface area (Å²) >= 11 is 0. The Morgan fingerprint density at radius 2 is 1.59 bits per heavy atom. The highest BCUT2D eigenvalue weighted by molar-refractivity contribution is 7.94. The van der Waals surface area contributed by atoms with Crippen LogP contribution in [0, 0.1) is 0 Å². The van der Waals surface area contributed by atoms with Gasteiger partial charge in [-0.25, -0.2) is 8.42 Å². The lowest BCUT2D eigenvalue weighted by molar-refractivity contribution is 0.0781. The Balaban J connectivity index is 2.27. The van der Waals surface area contributed by atoms with E-state index in [2.05, 4.69) is 10.8 Å². The van der Waals surface area contributed by atoms with Crippen LogP contribution >= 0.6 is 0 Å². The Hall–Kier alpha value is -1.42. The fourth-order valence-electron chi connectivity index (χ4n) is 1.39. The summed E-state index contributed by atoms with van der Waals surface area (Å²) in [5, 5.41) is 0.884. The largest absolute Gasteiger partial charge is 0.491 e. The third-order valence-electron chi connectivity index (χ3n) is 2.39. The lowest BCUT2D eigenvalue weighted by atomic mass is 10.3. The van der Waals surface area contributed by atoms with Crippen molar-refractivity contribution in [1.29, 1.82) is 0 Å². The second kappa shape index (κ2) is 8.28. The van der Waals surface area contributed by atoms with E-state index in [1.807, 2.05) is 0 Å². The van der Waals surface area contributed by atoms with E-state index in [0.29, 0.717) is 5.75 Å². The predicted octanol–water partition coefficient (Wildman–Crippen LogP) is 0.975. The van der Waals surface area contributed by atoms with E-state index < -0.39 is 20.0 Å². The van der Waals surface area contributed by atoms with Gasteiger partial charge in [-0.05, 0) is 24.3 Å². The summed E-state index contributed by atoms with van der Waals surface area (Å²) in [6.45, 7) is 3.82. The second-order valence-electron chi connectivity index (χ2n) is 4.17. The van der Waals surface area contributed by atoms with Crippen molar-refractivity contribution in [3.8, 4) is 5.75 Å². The molecular weight excluding hydrogens is 332 g/mol. The molecule has 0 unspecified atom stereocenters. The summed E-state index contributed by atoms with van der Waals surface area (Å²) in [7, 11) is -6.89. The van der Waals surface area contributed by atoms with Gasteiger partial charge >= 0.3 is 0 Å². The molecule has 0 atom stereocenters. The highest BCUT2D eigenvalue weighted by atomic mass is 32.2. The molecule has 0 aliphatic rings. The molecule has 22 heavy (non-hydrogen) atoms. The summed E-state index contributed by atoms with van der Waals surface area (Å²) in [6.07, 6.45) is 0.965. The zero-order chi connectivity index (χ0) is 16.6. The topological polar surface area (TPSA) is 96.0 Å². The fraction of sp³-hybridized carbons (Fsp3) is 0.385. The molecule has 0 heterocycles. The maximum absolute atomic E-state index is 11.5. The molecule has 0 amide bonds. The van der Waals surface area contributed by atoms with Gasteiger partial charge in [0.25, 0.3) is 10.1 Å². The molecule has 0 saturated heterocycles. The van der Waals surface area contributed by atoms with Gasteiger partial charge in [-0.2, -0.15) is 8.42 Å². The molecule has 0 saturated carbocycles. The molecule has 1 aromatic carbocycles. The first kappa shape index (κ1) is 18.6. The molecule has 0 radical (unpaired) electrons. The fourth-order valence-corrected chi connectivity index (χ4v) is 2.47. The minimum atomic E-state index is -3.45. The molecule has 0 N–H and O–H groups in total. The zero-order valence-electron chi connectivity index (χ0n) is 12.1. The van der Waals surface area contributed by atoms with Crippen molar-refractivity contribution in [3.63, 3.8) is 0 Å². The zero-order valence-corrected chi connectivity index (χ0v) is 13.7. The molecular formula is C13H18O7S2. The lowest BCUT2D eigenvalue weighted by Crippen LogP contribution is -2.13. The van der Waals surface area contributed by atoms with Crippen LogP contribution in [-0.4, -0.2) is 49.5 Å². The number of hydrogen-bond acceptors (Lipinski definition) is 7. The van der Waals surface area contributed by atoms with E-state index in [0.717, 1.165) is 11.7 Å². The number of ether oxygens (including phenoxy) is 2. The lowest BCUT2D eigenvalue weighted by Gasteiger charge is -2.07. The SMILES string of the molecule is C=CS(=O)(=O)c1ccc(OCCOCCOS(C)(=O)=O)cc1. The molecule has 0 bridgehead atoms. The van der Waals surface area contributed by atoms with Crippen LogP contribution < -0.4 is 4.74 Å². The molecule has 9 heteroatoms. The first-order chi connectivity index (χ1) is 10.2. The minimum absolute atomic E-state index is 0.0487. The van der Waals surface area contributed by atoms with Gasteiger partial charge in [0.1, 0.15) is 12.4 Å². The van der Waals surface area contributed by atoms with E-state index in [1.54, 1.807) is 0 Å². The Bertz CT molecular complexity index is 676. The number of sulfone groups is 1. The smallest absolute Gasteiger partial charge is 0.264 e. The van der Waals surface area contributed by atoms with Crippen LogP contribution in [0.4, 0.5) is 0 Å². The van der Waals surface area contributed by atoms with E-state index in [9.17, 15) is 16.8 Å². The van der Waals surface area contributed by atoms with E-state index >= 15 is 0 Å². The van der Waals surface area contributed by atoms with Crippen LogP contribution in [-0.2, 0) is 28.9 Å². The summed E-state index contributed by atoms with van der Waals surface area (Å²) in [5.74, 6) is 0.499. The van der Waals surface area contributed by atoms with Gasteiger partial charge < -0.3 is 9.47 Å². The first-order valence-electron chi connectivity index (χ1n) is 6.27. The number of hydrogen-bond donors (Lipinski definition) is 0. The van der Waals surface area contributed by atoms with Crippen LogP contribution in [0.1, 0.15) is 0 Å². The highest BCUT2D eigenvalue weighted by Crippen LogP contribution is 2.17. The molecule has 0 spiro atoms. The monoisotopic (exact) mass is 350 g/mol. The minimum Gasteiger partial charge on any atom is -0.491 e. The highest BCUT2D eigenvalue weighted by Gasteiger charge is 2.08. The quantitative estimate of drug-likeness (QED) is 0.458. The van der Waals surface area contributed by atoms with Crippen LogP contribution in [0.2, 0.25) is 0 Å². The van der Waals surface area contributed by atoms with E-state index in [4.69, 9.17) is 9.47 Å². The Labute approximate surface area is 130 Å². The van der Waals surface area contributed by atoms with Crippen molar-refractivity contribution < 1.29 is 30.5 Å². The van der Waals surface area contributed by atoms with Crippen molar-refractivity contribution in [2.75, 3.05) is 32.7 Å². The Morgan fingerprint density at radius 1 is 1.00 bits per heavy atom. The van der Waals surface area contributed by atoms with Gasteiger partial charge in [-0.1, -0.05) is 6.58 Å². The van der Waals surface area contributed by atoms with Crippen LogP contribution in [0.5, 0.6) is 5.75 Å². The van der Waals surface area contributed by atoms with Crippen LogP contribution in [0.15, 0.2) is 41.1 Å². The van der Waals surface area contributed by atoms with Crippen LogP contribution in [0.3, 0.4) is 0 Å². The van der Waals surface area contributed by atoms with Gasteiger partial charge in [0.05, 0.1) is 31.0 Å². The van der Waals surface area contributed by atoms with Crippen molar-refractivity contribution in [3.05, 3.63) is 36.3 Å². The summed E-state index contributed by atoms with van der Waals surface area (Å²) < 4.78 is 59.3. The molecule has 0 fully saturated rings. The molecule has 0 aromatic heterocycles. The predicted molar refractivity (Wildman–Crippen MR) is 80.9 cm³/mol. The summed E-state index contributed by atoms with van der Waals surface area (Å²) in [5.41, 5.74) is 0.